The van der Waals surface area contributed by atoms with Crippen molar-refractivity contribution < 1.29 is 4.42 Å². The lowest BCUT2D eigenvalue weighted by Crippen LogP contribution is -2.13. The minimum Gasteiger partial charge on any atom is -0.456 e. The number of para-hydroxylation sites is 3. The van der Waals surface area contributed by atoms with Gasteiger partial charge in [0, 0.05) is 42.1 Å². The molecule has 1 aliphatic rings. The van der Waals surface area contributed by atoms with Crippen LogP contribution >= 0.6 is 11.3 Å². The summed E-state index contributed by atoms with van der Waals surface area (Å²) in [5, 5.41) is 7.54. The van der Waals surface area contributed by atoms with Gasteiger partial charge in [-0.3, -0.25) is 0 Å². The Balaban J connectivity index is 1.23. The zero-order valence-corrected chi connectivity index (χ0v) is 31.4. The molecule has 264 valence electrons. The molecule has 1 aliphatic carbocycles. The van der Waals surface area contributed by atoms with Crippen molar-refractivity contribution >= 4 is 81.3 Å². The van der Waals surface area contributed by atoms with Crippen LogP contribution in [0.3, 0.4) is 0 Å². The van der Waals surface area contributed by atoms with Gasteiger partial charge in [-0.1, -0.05) is 147 Å². The predicted molar refractivity (Wildman–Crippen MR) is 235 cm³/mol. The predicted octanol–water partition coefficient (Wildman–Crippen LogP) is 16.0. The fraction of sp³-hybridized carbons (Fsp3) is 0.115. The van der Waals surface area contributed by atoms with Crippen molar-refractivity contribution in [1.29, 1.82) is 0 Å². The van der Waals surface area contributed by atoms with Crippen LogP contribution in [0.1, 0.15) is 43.6 Å². The summed E-state index contributed by atoms with van der Waals surface area (Å²) in [5.41, 5.74) is 11.6. The molecule has 0 aliphatic heterocycles. The lowest BCUT2D eigenvalue weighted by Gasteiger charge is -2.31. The Hall–Kier alpha value is -6.16. The largest absolute Gasteiger partial charge is 0.456 e. The van der Waals surface area contributed by atoms with Gasteiger partial charge in [-0.2, -0.15) is 0 Å². The third-order valence-corrected chi connectivity index (χ3v) is 13.0. The third kappa shape index (κ3) is 5.29. The number of rotatable bonds is 6. The number of furan rings is 1. The molecular formula is C52H39NOS. The Morgan fingerprint density at radius 3 is 1.78 bits per heavy atom. The number of hydrogen-bond acceptors (Lipinski definition) is 3. The maximum absolute atomic E-state index is 6.45. The van der Waals surface area contributed by atoms with E-state index in [1.54, 1.807) is 0 Å². The van der Waals surface area contributed by atoms with E-state index in [0.717, 1.165) is 44.4 Å². The van der Waals surface area contributed by atoms with E-state index >= 15 is 0 Å². The molecule has 1 saturated carbocycles. The summed E-state index contributed by atoms with van der Waals surface area (Å²) in [5.74, 6) is 0.582. The first kappa shape index (κ1) is 32.3. The normalized spacial score (nSPS) is 13.7. The van der Waals surface area contributed by atoms with Crippen LogP contribution in [0.5, 0.6) is 0 Å². The van der Waals surface area contributed by atoms with E-state index in [4.69, 9.17) is 4.42 Å². The first-order valence-corrected chi connectivity index (χ1v) is 20.4. The second-order valence-corrected chi connectivity index (χ2v) is 16.1. The summed E-state index contributed by atoms with van der Waals surface area (Å²) in [6.45, 7) is 0. The Kier molecular flexibility index (Phi) is 7.81. The van der Waals surface area contributed by atoms with Crippen molar-refractivity contribution in [2.45, 2.75) is 38.0 Å². The summed E-state index contributed by atoms with van der Waals surface area (Å²) in [6, 6.07) is 62.5. The molecule has 3 heteroatoms. The van der Waals surface area contributed by atoms with E-state index in [1.807, 2.05) is 11.3 Å². The van der Waals surface area contributed by atoms with Crippen LogP contribution < -0.4 is 4.90 Å². The highest BCUT2D eigenvalue weighted by Gasteiger charge is 2.26. The Morgan fingerprint density at radius 1 is 0.418 bits per heavy atom. The van der Waals surface area contributed by atoms with E-state index in [0.29, 0.717) is 5.92 Å². The van der Waals surface area contributed by atoms with Gasteiger partial charge in [0.2, 0.25) is 0 Å². The van der Waals surface area contributed by atoms with Crippen LogP contribution in [0, 0.1) is 0 Å². The smallest absolute Gasteiger partial charge is 0.136 e. The number of hydrogen-bond donors (Lipinski definition) is 0. The zero-order valence-electron chi connectivity index (χ0n) is 30.5. The van der Waals surface area contributed by atoms with Crippen LogP contribution in [0.15, 0.2) is 174 Å². The first-order chi connectivity index (χ1) is 27.3. The van der Waals surface area contributed by atoms with E-state index in [2.05, 4.69) is 175 Å². The number of benzene rings is 8. The molecule has 10 aromatic rings. The molecule has 0 saturated heterocycles. The molecule has 55 heavy (non-hydrogen) atoms. The molecule has 0 bridgehead atoms. The lowest BCUT2D eigenvalue weighted by atomic mass is 9.80. The molecule has 0 unspecified atom stereocenters. The maximum atomic E-state index is 6.45. The minimum atomic E-state index is 0.582. The third-order valence-electron chi connectivity index (χ3n) is 11.9. The first-order valence-electron chi connectivity index (χ1n) is 19.6. The second kappa shape index (κ2) is 13.3. The van der Waals surface area contributed by atoms with Crippen molar-refractivity contribution in [1.82, 2.24) is 0 Å². The Labute approximate surface area is 324 Å². The Morgan fingerprint density at radius 2 is 0.982 bits per heavy atom. The van der Waals surface area contributed by atoms with Crippen LogP contribution in [0.4, 0.5) is 17.1 Å². The van der Waals surface area contributed by atoms with Crippen LogP contribution in [0.2, 0.25) is 0 Å². The van der Waals surface area contributed by atoms with E-state index in [9.17, 15) is 0 Å². The molecule has 11 rings (SSSR count). The summed E-state index contributed by atoms with van der Waals surface area (Å²) >= 11 is 1.87. The average molecular weight is 726 g/mol. The topological polar surface area (TPSA) is 16.4 Å². The summed E-state index contributed by atoms with van der Waals surface area (Å²) in [4.78, 5) is 2.55. The average Bonchev–Trinajstić information content (AvgIpc) is 3.83. The minimum absolute atomic E-state index is 0.582. The number of thiophene rings is 1. The highest BCUT2D eigenvalue weighted by molar-refractivity contribution is 7.26. The van der Waals surface area contributed by atoms with Gasteiger partial charge in [0.1, 0.15) is 11.2 Å². The zero-order chi connectivity index (χ0) is 36.3. The number of fused-ring (bicyclic) bond motifs is 7. The van der Waals surface area contributed by atoms with Crippen LogP contribution in [-0.2, 0) is 0 Å². The van der Waals surface area contributed by atoms with Gasteiger partial charge in [-0.15, -0.1) is 11.3 Å². The molecule has 0 radical (unpaired) electrons. The fourth-order valence-electron chi connectivity index (χ4n) is 9.47. The summed E-state index contributed by atoms with van der Waals surface area (Å²) in [7, 11) is 0. The van der Waals surface area contributed by atoms with Crippen LogP contribution in [-0.4, -0.2) is 0 Å². The van der Waals surface area contributed by atoms with Gasteiger partial charge in [0.25, 0.3) is 0 Å². The SMILES string of the molecule is c1ccc(N(c2ccccc2-c2cccc3oc4ccccc4c23)c2cccc3sc4ccccc4c23)c(-c2cccc3cccc(C4CCCCC4)c23)c1. The molecule has 8 aromatic carbocycles. The monoisotopic (exact) mass is 725 g/mol. The molecule has 2 heterocycles. The molecule has 0 N–H and O–H groups in total. The van der Waals surface area contributed by atoms with Gasteiger partial charge in [0.05, 0.1) is 17.1 Å². The van der Waals surface area contributed by atoms with Gasteiger partial charge < -0.3 is 9.32 Å². The standard InChI is InChI=1S/C52H39NOS/c1-2-16-34(17-3-1)36-24-12-18-35-19-13-25-39(50(35)36)37-20-4-8-27-43(37)53(45-29-15-33-49-52(45)42-23-7-11-32-48(42)55-49)44-28-9-5-21-38(44)40-26-14-31-47-51(40)41-22-6-10-30-46(41)54-47/h4-15,18-34H,1-3,16-17H2. The molecule has 2 nitrogen and oxygen atoms in total. The van der Waals surface area contributed by atoms with Crippen molar-refractivity contribution in [3.63, 3.8) is 0 Å². The quantitative estimate of drug-likeness (QED) is 0.170. The van der Waals surface area contributed by atoms with Crippen molar-refractivity contribution in [2.24, 2.45) is 0 Å². The molecule has 0 amide bonds. The van der Waals surface area contributed by atoms with E-state index in [1.165, 1.54) is 85.4 Å². The van der Waals surface area contributed by atoms with Crippen molar-refractivity contribution in [3.8, 4) is 22.3 Å². The summed E-state index contributed by atoms with van der Waals surface area (Å²) < 4.78 is 9.03. The van der Waals surface area contributed by atoms with Crippen molar-refractivity contribution in [2.75, 3.05) is 4.90 Å². The van der Waals surface area contributed by atoms with Gasteiger partial charge in [-0.05, 0) is 88.7 Å². The number of nitrogens with zero attached hydrogens (tertiary/aromatic N) is 1. The van der Waals surface area contributed by atoms with Gasteiger partial charge >= 0.3 is 0 Å². The molecule has 1 fully saturated rings. The molecular weight excluding hydrogens is 687 g/mol. The molecule has 0 atom stereocenters. The second-order valence-electron chi connectivity index (χ2n) is 15.0. The molecule has 0 spiro atoms. The lowest BCUT2D eigenvalue weighted by molar-refractivity contribution is 0.445. The number of anilines is 3. The van der Waals surface area contributed by atoms with Crippen LogP contribution in [0.25, 0.3) is 75.1 Å². The van der Waals surface area contributed by atoms with E-state index < -0.39 is 0 Å². The fourth-order valence-corrected chi connectivity index (χ4v) is 10.6. The summed E-state index contributed by atoms with van der Waals surface area (Å²) in [6.07, 6.45) is 6.48. The highest BCUT2D eigenvalue weighted by Crippen LogP contribution is 2.51. The van der Waals surface area contributed by atoms with Crippen molar-refractivity contribution in [3.05, 3.63) is 175 Å². The maximum Gasteiger partial charge on any atom is 0.136 e. The Bertz CT molecular complexity index is 3050. The van der Waals surface area contributed by atoms with Gasteiger partial charge in [-0.25, -0.2) is 0 Å². The highest BCUT2D eigenvalue weighted by atomic mass is 32.1. The molecule has 2 aromatic heterocycles. The van der Waals surface area contributed by atoms with E-state index in [-0.39, 0.29) is 0 Å². The van der Waals surface area contributed by atoms with Gasteiger partial charge in [0.15, 0.2) is 0 Å².